The van der Waals surface area contributed by atoms with Crippen molar-refractivity contribution in [3.8, 4) is 0 Å². The summed E-state index contributed by atoms with van der Waals surface area (Å²) in [7, 11) is 0. The Balaban J connectivity index is 1.70. The summed E-state index contributed by atoms with van der Waals surface area (Å²) in [5, 5.41) is 3.66. The number of rotatable bonds is 4. The van der Waals surface area contributed by atoms with E-state index in [4.69, 9.17) is 4.74 Å². The lowest BCUT2D eigenvalue weighted by Crippen LogP contribution is -2.31. The van der Waals surface area contributed by atoms with Crippen LogP contribution in [0.3, 0.4) is 0 Å². The van der Waals surface area contributed by atoms with Crippen LogP contribution in [0.5, 0.6) is 0 Å². The van der Waals surface area contributed by atoms with E-state index in [2.05, 4.69) is 34.9 Å². The first kappa shape index (κ1) is 13.9. The number of hydrogen-bond donors (Lipinski definition) is 1. The fourth-order valence-corrected chi connectivity index (χ4v) is 3.53. The zero-order chi connectivity index (χ0) is 14.0. The predicted molar refractivity (Wildman–Crippen MR) is 81.1 cm³/mol. The smallest absolute Gasteiger partial charge is 0.203 e. The Kier molecular flexibility index (Phi) is 4.01. The van der Waals surface area contributed by atoms with Crippen molar-refractivity contribution in [3.63, 3.8) is 0 Å². The number of hydrogen-bond acceptors (Lipinski definition) is 3. The van der Waals surface area contributed by atoms with E-state index >= 15 is 0 Å². The minimum atomic E-state index is -0.0177. The van der Waals surface area contributed by atoms with E-state index in [1.807, 2.05) is 0 Å². The predicted octanol–water partition coefficient (Wildman–Crippen LogP) is 3.51. The van der Waals surface area contributed by atoms with Crippen molar-refractivity contribution >= 4 is 5.95 Å². The van der Waals surface area contributed by atoms with Crippen molar-refractivity contribution in [2.45, 2.75) is 77.0 Å². The maximum atomic E-state index is 5.92. The van der Waals surface area contributed by atoms with Crippen LogP contribution in [-0.2, 0) is 11.3 Å². The van der Waals surface area contributed by atoms with Gasteiger partial charge in [0.15, 0.2) is 0 Å². The molecule has 1 aliphatic carbocycles. The summed E-state index contributed by atoms with van der Waals surface area (Å²) in [6, 6.07) is 0.599. The fourth-order valence-electron chi connectivity index (χ4n) is 3.53. The molecule has 2 heterocycles. The second-order valence-electron chi connectivity index (χ2n) is 6.71. The van der Waals surface area contributed by atoms with Crippen LogP contribution in [0.15, 0.2) is 6.20 Å². The van der Waals surface area contributed by atoms with Gasteiger partial charge in [0.05, 0.1) is 17.8 Å². The minimum absolute atomic E-state index is 0.0177. The number of ether oxygens (including phenoxy) is 1. The molecule has 0 radical (unpaired) electrons. The van der Waals surface area contributed by atoms with Gasteiger partial charge >= 0.3 is 0 Å². The van der Waals surface area contributed by atoms with E-state index in [-0.39, 0.29) is 5.60 Å². The van der Waals surface area contributed by atoms with Crippen LogP contribution in [0.1, 0.15) is 57.6 Å². The van der Waals surface area contributed by atoms with Crippen molar-refractivity contribution in [1.82, 2.24) is 9.55 Å². The summed E-state index contributed by atoms with van der Waals surface area (Å²) in [5.41, 5.74) is 1.07. The summed E-state index contributed by atoms with van der Waals surface area (Å²) in [4.78, 5) is 4.67. The summed E-state index contributed by atoms with van der Waals surface area (Å²) < 4.78 is 8.18. The van der Waals surface area contributed by atoms with Crippen LogP contribution < -0.4 is 5.32 Å². The third-order valence-corrected chi connectivity index (χ3v) is 4.64. The highest BCUT2D eigenvalue weighted by molar-refractivity contribution is 5.30. The number of imidazole rings is 1. The van der Waals surface area contributed by atoms with E-state index in [9.17, 15) is 0 Å². The van der Waals surface area contributed by atoms with E-state index in [1.165, 1.54) is 38.5 Å². The second-order valence-corrected chi connectivity index (χ2v) is 6.71. The normalized spacial score (nSPS) is 27.9. The van der Waals surface area contributed by atoms with E-state index < -0.39 is 0 Å². The molecule has 1 N–H and O–H groups in total. The van der Waals surface area contributed by atoms with Crippen LogP contribution in [0.2, 0.25) is 0 Å². The zero-order valence-electron chi connectivity index (χ0n) is 12.8. The lowest BCUT2D eigenvalue weighted by atomic mass is 9.96. The van der Waals surface area contributed by atoms with Gasteiger partial charge in [0.2, 0.25) is 5.95 Å². The minimum Gasteiger partial charge on any atom is -0.373 e. The summed E-state index contributed by atoms with van der Waals surface area (Å²) in [6.07, 6.45) is 11.1. The number of anilines is 1. The van der Waals surface area contributed by atoms with Crippen molar-refractivity contribution in [2.24, 2.45) is 0 Å². The van der Waals surface area contributed by atoms with Gasteiger partial charge in [-0.2, -0.15) is 0 Å². The van der Waals surface area contributed by atoms with Gasteiger partial charge in [-0.05, 0) is 39.5 Å². The standard InChI is InChI=1S/C16H27N3O/c1-13-11-19(12-16(2)9-6-10-20-16)15(17-13)18-14-7-4-3-5-8-14/h11,14H,3-10,12H2,1-2H3,(H,17,18). The molecule has 20 heavy (non-hydrogen) atoms. The molecule has 112 valence electrons. The molecule has 1 aromatic heterocycles. The molecule has 2 fully saturated rings. The Morgan fingerprint density at radius 3 is 2.85 bits per heavy atom. The molecule has 1 unspecified atom stereocenters. The van der Waals surface area contributed by atoms with Crippen molar-refractivity contribution < 1.29 is 4.74 Å². The summed E-state index contributed by atoms with van der Waals surface area (Å²) >= 11 is 0. The molecule has 1 aliphatic heterocycles. The van der Waals surface area contributed by atoms with Gasteiger partial charge in [-0.15, -0.1) is 0 Å². The molecule has 0 bridgehead atoms. The highest BCUT2D eigenvalue weighted by atomic mass is 16.5. The summed E-state index contributed by atoms with van der Waals surface area (Å²) in [5.74, 6) is 1.03. The van der Waals surface area contributed by atoms with Crippen LogP contribution in [0, 0.1) is 6.92 Å². The van der Waals surface area contributed by atoms with E-state index in [1.54, 1.807) is 0 Å². The van der Waals surface area contributed by atoms with E-state index in [0.717, 1.165) is 31.2 Å². The van der Waals surface area contributed by atoms with Crippen LogP contribution in [0.25, 0.3) is 0 Å². The molecule has 1 saturated carbocycles. The molecule has 4 nitrogen and oxygen atoms in total. The molecule has 0 aromatic carbocycles. The fraction of sp³-hybridized carbons (Fsp3) is 0.812. The number of aromatic nitrogens is 2. The van der Waals surface area contributed by atoms with Crippen LogP contribution in [-0.4, -0.2) is 27.8 Å². The molecular formula is C16H27N3O. The van der Waals surface area contributed by atoms with Gasteiger partial charge in [0.1, 0.15) is 0 Å². The average Bonchev–Trinajstić information content (AvgIpc) is 2.98. The van der Waals surface area contributed by atoms with Gasteiger partial charge in [0, 0.05) is 18.8 Å². The average molecular weight is 277 g/mol. The number of nitrogens with one attached hydrogen (secondary N) is 1. The lowest BCUT2D eigenvalue weighted by molar-refractivity contribution is 0.00660. The summed E-state index contributed by atoms with van der Waals surface area (Å²) in [6.45, 7) is 6.10. The highest BCUT2D eigenvalue weighted by Crippen LogP contribution is 2.29. The molecule has 3 rings (SSSR count). The van der Waals surface area contributed by atoms with Gasteiger partial charge in [0.25, 0.3) is 0 Å². The Labute approximate surface area is 121 Å². The molecule has 4 heteroatoms. The molecule has 1 saturated heterocycles. The van der Waals surface area contributed by atoms with Gasteiger partial charge < -0.3 is 14.6 Å². The van der Waals surface area contributed by atoms with Crippen LogP contribution >= 0.6 is 0 Å². The topological polar surface area (TPSA) is 39.1 Å². The van der Waals surface area contributed by atoms with Crippen molar-refractivity contribution in [2.75, 3.05) is 11.9 Å². The third-order valence-electron chi connectivity index (χ3n) is 4.64. The highest BCUT2D eigenvalue weighted by Gasteiger charge is 2.31. The van der Waals surface area contributed by atoms with Gasteiger partial charge in [-0.25, -0.2) is 4.98 Å². The van der Waals surface area contributed by atoms with Gasteiger partial charge in [-0.1, -0.05) is 19.3 Å². The Morgan fingerprint density at radius 2 is 2.15 bits per heavy atom. The first-order valence-corrected chi connectivity index (χ1v) is 8.09. The first-order valence-electron chi connectivity index (χ1n) is 8.09. The van der Waals surface area contributed by atoms with Crippen molar-refractivity contribution in [3.05, 3.63) is 11.9 Å². The molecule has 0 amide bonds. The van der Waals surface area contributed by atoms with Crippen LogP contribution in [0.4, 0.5) is 5.95 Å². The monoisotopic (exact) mass is 277 g/mol. The SMILES string of the molecule is Cc1cn(CC2(C)CCCO2)c(NC2CCCCC2)n1. The molecule has 0 spiro atoms. The quantitative estimate of drug-likeness (QED) is 0.915. The molecule has 1 atom stereocenters. The lowest BCUT2D eigenvalue weighted by Gasteiger charge is -2.27. The molecule has 1 aromatic rings. The Morgan fingerprint density at radius 1 is 1.35 bits per heavy atom. The first-order chi connectivity index (χ1) is 9.65. The maximum Gasteiger partial charge on any atom is 0.203 e. The molecule has 2 aliphatic rings. The zero-order valence-corrected chi connectivity index (χ0v) is 12.8. The largest absolute Gasteiger partial charge is 0.373 e. The third kappa shape index (κ3) is 3.17. The Hall–Kier alpha value is -1.03. The number of nitrogens with zero attached hydrogens (tertiary/aromatic N) is 2. The van der Waals surface area contributed by atoms with Crippen molar-refractivity contribution in [1.29, 1.82) is 0 Å². The Bertz CT molecular complexity index is 443. The second kappa shape index (κ2) is 5.76. The maximum absolute atomic E-state index is 5.92. The molecular weight excluding hydrogens is 250 g/mol. The van der Waals surface area contributed by atoms with Gasteiger partial charge in [-0.3, -0.25) is 0 Å². The van der Waals surface area contributed by atoms with E-state index in [0.29, 0.717) is 6.04 Å². The number of aryl methyl sites for hydroxylation is 1.